The summed E-state index contributed by atoms with van der Waals surface area (Å²) in [5, 5.41) is 13.6. The molecular formula is C20H28N4O4. The van der Waals surface area contributed by atoms with Gasteiger partial charge in [-0.25, -0.2) is 9.59 Å². The van der Waals surface area contributed by atoms with Crippen LogP contribution in [0.4, 0.5) is 4.79 Å². The van der Waals surface area contributed by atoms with E-state index in [0.29, 0.717) is 5.92 Å². The number of aryl methyl sites for hydroxylation is 1. The molecule has 1 aromatic heterocycles. The van der Waals surface area contributed by atoms with Gasteiger partial charge in [0.2, 0.25) is 0 Å². The highest BCUT2D eigenvalue weighted by Crippen LogP contribution is 2.20. The van der Waals surface area contributed by atoms with Crippen LogP contribution in [0.2, 0.25) is 0 Å². The number of hydrogen-bond donors (Lipinski definition) is 2. The largest absolute Gasteiger partial charge is 0.448 e. The number of rotatable bonds is 7. The molecule has 1 aromatic rings. The lowest BCUT2D eigenvalue weighted by Gasteiger charge is -2.12. The van der Waals surface area contributed by atoms with Crippen molar-refractivity contribution in [3.05, 3.63) is 28.6 Å². The van der Waals surface area contributed by atoms with Gasteiger partial charge in [-0.15, -0.1) is 0 Å². The predicted molar refractivity (Wildman–Crippen MR) is 105 cm³/mol. The zero-order chi connectivity index (χ0) is 21.4. The summed E-state index contributed by atoms with van der Waals surface area (Å²) in [4.78, 5) is 35.2. The summed E-state index contributed by atoms with van der Waals surface area (Å²) < 4.78 is 7.15. The van der Waals surface area contributed by atoms with Crippen molar-refractivity contribution < 1.29 is 19.1 Å². The third-order valence-corrected chi connectivity index (χ3v) is 4.30. The van der Waals surface area contributed by atoms with Crippen molar-refractivity contribution in [1.82, 2.24) is 15.2 Å². The molecule has 28 heavy (non-hydrogen) atoms. The van der Waals surface area contributed by atoms with E-state index in [1.807, 2.05) is 31.3 Å². The molecule has 8 heteroatoms. The van der Waals surface area contributed by atoms with Crippen LogP contribution in [0.25, 0.3) is 6.08 Å². The third-order valence-electron chi connectivity index (χ3n) is 4.30. The Kier molecular flexibility index (Phi) is 8.45. The van der Waals surface area contributed by atoms with Crippen LogP contribution in [0.5, 0.6) is 0 Å². The van der Waals surface area contributed by atoms with Crippen molar-refractivity contribution in [1.29, 1.82) is 5.26 Å². The molecule has 0 aliphatic carbocycles. The van der Waals surface area contributed by atoms with Crippen molar-refractivity contribution in [3.8, 4) is 6.07 Å². The number of esters is 1. The van der Waals surface area contributed by atoms with E-state index in [9.17, 15) is 19.6 Å². The Labute approximate surface area is 165 Å². The van der Waals surface area contributed by atoms with Gasteiger partial charge in [-0.2, -0.15) is 5.26 Å². The maximum Gasteiger partial charge on any atom is 0.349 e. The smallest absolute Gasteiger partial charge is 0.349 e. The van der Waals surface area contributed by atoms with Gasteiger partial charge in [0.1, 0.15) is 11.6 Å². The van der Waals surface area contributed by atoms with E-state index in [0.717, 1.165) is 29.9 Å². The first-order chi connectivity index (χ1) is 13.1. The number of carbonyl (C=O) groups is 3. The van der Waals surface area contributed by atoms with E-state index in [-0.39, 0.29) is 5.57 Å². The molecule has 1 atom stereocenters. The highest BCUT2D eigenvalue weighted by Gasteiger charge is 2.22. The highest BCUT2D eigenvalue weighted by molar-refractivity contribution is 6.01. The minimum atomic E-state index is -1.22. The lowest BCUT2D eigenvalue weighted by Crippen LogP contribution is -2.43. The van der Waals surface area contributed by atoms with Gasteiger partial charge in [0.25, 0.3) is 5.91 Å². The predicted octanol–water partition coefficient (Wildman–Crippen LogP) is 2.45. The highest BCUT2D eigenvalue weighted by atomic mass is 16.5. The second kappa shape index (κ2) is 10.3. The number of carbonyl (C=O) groups excluding carboxylic acids is 3. The summed E-state index contributed by atoms with van der Waals surface area (Å²) in [6.45, 7) is 10.4. The number of nitriles is 1. The van der Waals surface area contributed by atoms with Gasteiger partial charge in [-0.3, -0.25) is 10.1 Å². The molecule has 0 saturated carbocycles. The first kappa shape index (κ1) is 23.0. The van der Waals surface area contributed by atoms with Gasteiger partial charge in [0.15, 0.2) is 6.10 Å². The fraction of sp³-hybridized carbons (Fsp3) is 0.500. The topological polar surface area (TPSA) is 113 Å². The Morgan fingerprint density at radius 1 is 1.29 bits per heavy atom. The Bertz CT molecular complexity index is 815. The molecule has 1 rings (SSSR count). The van der Waals surface area contributed by atoms with Gasteiger partial charge in [-0.05, 0) is 50.8 Å². The number of imide groups is 1. The maximum atomic E-state index is 12.3. The van der Waals surface area contributed by atoms with E-state index in [1.165, 1.54) is 20.0 Å². The summed E-state index contributed by atoms with van der Waals surface area (Å²) in [5.74, 6) is -1.14. The second-order valence-electron chi connectivity index (χ2n) is 6.95. The lowest BCUT2D eigenvalue weighted by molar-refractivity contribution is -0.150. The van der Waals surface area contributed by atoms with Crippen LogP contribution >= 0.6 is 0 Å². The van der Waals surface area contributed by atoms with Gasteiger partial charge in [0, 0.05) is 25.0 Å². The zero-order valence-electron chi connectivity index (χ0n) is 17.3. The van der Waals surface area contributed by atoms with Gasteiger partial charge < -0.3 is 14.6 Å². The molecule has 0 spiro atoms. The Morgan fingerprint density at radius 2 is 1.93 bits per heavy atom. The van der Waals surface area contributed by atoms with Crippen LogP contribution in [-0.4, -0.2) is 35.6 Å². The Morgan fingerprint density at radius 3 is 2.46 bits per heavy atom. The average Bonchev–Trinajstić information content (AvgIpc) is 2.90. The molecule has 0 unspecified atom stereocenters. The molecule has 0 saturated heterocycles. The minimum Gasteiger partial charge on any atom is -0.448 e. The molecule has 0 aromatic carbocycles. The number of nitrogens with one attached hydrogen (secondary N) is 2. The molecule has 0 aliphatic rings. The molecule has 0 fully saturated rings. The molecule has 152 valence electrons. The number of nitrogens with zero attached hydrogens (tertiary/aromatic N) is 2. The maximum absolute atomic E-state index is 12.3. The Balaban J connectivity index is 2.95. The summed E-state index contributed by atoms with van der Waals surface area (Å²) in [6.07, 6.45) is 1.25. The van der Waals surface area contributed by atoms with Crippen molar-refractivity contribution in [2.75, 3.05) is 7.05 Å². The fourth-order valence-electron chi connectivity index (χ4n) is 2.55. The molecule has 0 radical (unpaired) electrons. The van der Waals surface area contributed by atoms with Crippen LogP contribution in [-0.2, 0) is 20.9 Å². The van der Waals surface area contributed by atoms with Gasteiger partial charge in [-0.1, -0.05) is 13.8 Å². The normalized spacial score (nSPS) is 12.3. The number of ether oxygens (including phenoxy) is 1. The van der Waals surface area contributed by atoms with Crippen molar-refractivity contribution in [3.63, 3.8) is 0 Å². The van der Waals surface area contributed by atoms with Crippen LogP contribution < -0.4 is 10.6 Å². The summed E-state index contributed by atoms with van der Waals surface area (Å²) in [7, 11) is 1.35. The van der Waals surface area contributed by atoms with Crippen molar-refractivity contribution >= 4 is 24.0 Å². The quantitative estimate of drug-likeness (QED) is 0.423. The Hall–Kier alpha value is -3.08. The summed E-state index contributed by atoms with van der Waals surface area (Å²) in [5.41, 5.74) is 2.51. The van der Waals surface area contributed by atoms with Crippen LogP contribution in [0.1, 0.15) is 44.1 Å². The first-order valence-corrected chi connectivity index (χ1v) is 9.12. The molecular weight excluding hydrogens is 360 g/mol. The summed E-state index contributed by atoms with van der Waals surface area (Å²) in [6, 6.07) is 3.01. The molecule has 8 nitrogen and oxygen atoms in total. The number of urea groups is 1. The number of hydrogen-bond acceptors (Lipinski definition) is 5. The SMILES string of the molecule is CNC(=O)NC(=O)[C@@H](C)OC(=O)/C(C#N)=C/c1cc(C)n(CCC(C)C)c1C. The molecule has 2 N–H and O–H groups in total. The van der Waals surface area contributed by atoms with E-state index >= 15 is 0 Å². The van der Waals surface area contributed by atoms with Gasteiger partial charge in [0.05, 0.1) is 0 Å². The van der Waals surface area contributed by atoms with Crippen molar-refractivity contribution in [2.24, 2.45) is 5.92 Å². The summed E-state index contributed by atoms with van der Waals surface area (Å²) >= 11 is 0. The molecule has 3 amide bonds. The third kappa shape index (κ3) is 6.27. The second-order valence-corrected chi connectivity index (χ2v) is 6.95. The molecule has 1 heterocycles. The van der Waals surface area contributed by atoms with Crippen LogP contribution in [0, 0.1) is 31.1 Å². The zero-order valence-corrected chi connectivity index (χ0v) is 17.3. The van der Waals surface area contributed by atoms with E-state index in [2.05, 4.69) is 23.7 Å². The number of aromatic nitrogens is 1. The molecule has 0 bridgehead atoms. The van der Waals surface area contributed by atoms with E-state index in [4.69, 9.17) is 4.74 Å². The van der Waals surface area contributed by atoms with E-state index < -0.39 is 24.0 Å². The average molecular weight is 388 g/mol. The van der Waals surface area contributed by atoms with Gasteiger partial charge >= 0.3 is 12.0 Å². The monoisotopic (exact) mass is 388 g/mol. The van der Waals surface area contributed by atoms with E-state index in [1.54, 1.807) is 0 Å². The molecule has 0 aliphatic heterocycles. The first-order valence-electron chi connectivity index (χ1n) is 9.12. The van der Waals surface area contributed by atoms with Crippen LogP contribution in [0.3, 0.4) is 0 Å². The minimum absolute atomic E-state index is 0.219. The number of amides is 3. The fourth-order valence-corrected chi connectivity index (χ4v) is 2.55. The van der Waals surface area contributed by atoms with Crippen LogP contribution in [0.15, 0.2) is 11.6 Å². The van der Waals surface area contributed by atoms with Crippen molar-refractivity contribution in [2.45, 2.75) is 53.7 Å². The standard InChI is InChI=1S/C20H28N4O4/c1-12(2)7-8-24-13(3)9-16(14(24)4)10-17(11-21)19(26)28-15(5)18(25)23-20(27)22-6/h9-10,12,15H,7-8H2,1-6H3,(H2,22,23,25,27)/b17-10+/t15-/m1/s1. The lowest BCUT2D eigenvalue weighted by atomic mass is 10.1.